The summed E-state index contributed by atoms with van der Waals surface area (Å²) in [7, 11) is 0. The molecule has 2 heterocycles. The zero-order chi connectivity index (χ0) is 13.7. The van der Waals surface area contributed by atoms with E-state index < -0.39 is 0 Å². The van der Waals surface area contributed by atoms with Gasteiger partial charge in [-0.15, -0.1) is 10.2 Å². The van der Waals surface area contributed by atoms with Gasteiger partial charge in [-0.25, -0.2) is 0 Å². The van der Waals surface area contributed by atoms with E-state index in [-0.39, 0.29) is 5.91 Å². The average Bonchev–Trinajstić information content (AvgIpc) is 3.03. The van der Waals surface area contributed by atoms with E-state index in [9.17, 15) is 4.79 Å². The summed E-state index contributed by atoms with van der Waals surface area (Å²) >= 11 is 3.08. The molecule has 0 atom stereocenters. The molecule has 2 rings (SSSR count). The number of carbonyl (C=O) groups is 1. The second-order valence-corrected chi connectivity index (χ2v) is 6.10. The minimum Gasteiger partial charge on any atom is -0.300 e. The first-order valence-electron chi connectivity index (χ1n) is 6.37. The SMILES string of the molecule is CCC(CC)c1nnc(NC(=O)Cc2ccsc2)s1. The van der Waals surface area contributed by atoms with Crippen molar-refractivity contribution in [3.63, 3.8) is 0 Å². The lowest BCUT2D eigenvalue weighted by Crippen LogP contribution is -2.13. The molecule has 19 heavy (non-hydrogen) atoms. The molecule has 102 valence electrons. The van der Waals surface area contributed by atoms with Crippen LogP contribution in [-0.4, -0.2) is 16.1 Å². The first kappa shape index (κ1) is 14.1. The van der Waals surface area contributed by atoms with Crippen LogP contribution in [0.4, 0.5) is 5.13 Å². The number of hydrogen-bond acceptors (Lipinski definition) is 5. The van der Waals surface area contributed by atoms with Gasteiger partial charge in [0, 0.05) is 5.92 Å². The molecule has 2 aromatic rings. The van der Waals surface area contributed by atoms with Crippen LogP contribution in [0, 0.1) is 0 Å². The molecule has 0 spiro atoms. The molecule has 0 saturated carbocycles. The average molecular weight is 295 g/mol. The van der Waals surface area contributed by atoms with E-state index in [2.05, 4.69) is 29.4 Å². The first-order chi connectivity index (χ1) is 9.22. The van der Waals surface area contributed by atoms with E-state index in [4.69, 9.17) is 0 Å². The van der Waals surface area contributed by atoms with Gasteiger partial charge in [0.2, 0.25) is 11.0 Å². The van der Waals surface area contributed by atoms with Crippen LogP contribution in [0.15, 0.2) is 16.8 Å². The van der Waals surface area contributed by atoms with Gasteiger partial charge in [-0.2, -0.15) is 11.3 Å². The molecule has 4 nitrogen and oxygen atoms in total. The fourth-order valence-corrected chi connectivity index (χ4v) is 3.52. The van der Waals surface area contributed by atoms with Gasteiger partial charge in [-0.1, -0.05) is 25.2 Å². The monoisotopic (exact) mass is 295 g/mol. The zero-order valence-electron chi connectivity index (χ0n) is 11.0. The van der Waals surface area contributed by atoms with Crippen LogP contribution in [0.25, 0.3) is 0 Å². The summed E-state index contributed by atoms with van der Waals surface area (Å²) in [5.74, 6) is 0.408. The van der Waals surface area contributed by atoms with Crippen molar-refractivity contribution in [1.82, 2.24) is 10.2 Å². The third kappa shape index (κ3) is 3.84. The van der Waals surface area contributed by atoms with E-state index in [0.717, 1.165) is 23.4 Å². The van der Waals surface area contributed by atoms with E-state index in [1.165, 1.54) is 11.3 Å². The summed E-state index contributed by atoms with van der Waals surface area (Å²) in [5.41, 5.74) is 1.03. The van der Waals surface area contributed by atoms with Crippen molar-refractivity contribution in [2.45, 2.75) is 39.0 Å². The Hall–Kier alpha value is -1.27. The number of nitrogens with one attached hydrogen (secondary N) is 1. The molecule has 0 aliphatic carbocycles. The van der Waals surface area contributed by atoms with E-state index in [0.29, 0.717) is 17.5 Å². The molecular weight excluding hydrogens is 278 g/mol. The fraction of sp³-hybridized carbons (Fsp3) is 0.462. The maximum absolute atomic E-state index is 11.8. The normalized spacial score (nSPS) is 10.9. The highest BCUT2D eigenvalue weighted by Gasteiger charge is 2.14. The third-order valence-corrected chi connectivity index (χ3v) is 4.70. The molecule has 0 radical (unpaired) electrons. The predicted molar refractivity (Wildman–Crippen MR) is 79.9 cm³/mol. The van der Waals surface area contributed by atoms with Crippen LogP contribution in [-0.2, 0) is 11.2 Å². The van der Waals surface area contributed by atoms with Gasteiger partial charge >= 0.3 is 0 Å². The lowest BCUT2D eigenvalue weighted by molar-refractivity contribution is -0.115. The molecule has 0 unspecified atom stereocenters. The Balaban J connectivity index is 1.94. The van der Waals surface area contributed by atoms with Crippen LogP contribution >= 0.6 is 22.7 Å². The summed E-state index contributed by atoms with van der Waals surface area (Å²) in [6, 6.07) is 1.96. The van der Waals surface area contributed by atoms with Crippen molar-refractivity contribution in [2.24, 2.45) is 0 Å². The van der Waals surface area contributed by atoms with Crippen LogP contribution in [0.2, 0.25) is 0 Å². The van der Waals surface area contributed by atoms with Gasteiger partial charge in [0.05, 0.1) is 6.42 Å². The summed E-state index contributed by atoms with van der Waals surface area (Å²) in [6.07, 6.45) is 2.49. The Morgan fingerprint density at radius 1 is 1.37 bits per heavy atom. The Bertz CT molecular complexity index is 518. The highest BCUT2D eigenvalue weighted by molar-refractivity contribution is 7.15. The topological polar surface area (TPSA) is 54.9 Å². The number of carbonyl (C=O) groups excluding carboxylic acids is 1. The minimum absolute atomic E-state index is 0.0364. The number of aromatic nitrogens is 2. The second-order valence-electron chi connectivity index (χ2n) is 4.32. The number of anilines is 1. The number of nitrogens with zero attached hydrogens (tertiary/aromatic N) is 2. The minimum atomic E-state index is -0.0364. The van der Waals surface area contributed by atoms with Crippen LogP contribution < -0.4 is 5.32 Å². The highest BCUT2D eigenvalue weighted by Crippen LogP contribution is 2.28. The van der Waals surface area contributed by atoms with Crippen molar-refractivity contribution < 1.29 is 4.79 Å². The van der Waals surface area contributed by atoms with Crippen molar-refractivity contribution >= 4 is 33.7 Å². The maximum Gasteiger partial charge on any atom is 0.230 e. The molecule has 0 fully saturated rings. The lowest BCUT2D eigenvalue weighted by atomic mass is 10.1. The van der Waals surface area contributed by atoms with Gasteiger partial charge < -0.3 is 5.32 Å². The fourth-order valence-electron chi connectivity index (χ4n) is 1.83. The highest BCUT2D eigenvalue weighted by atomic mass is 32.1. The summed E-state index contributed by atoms with van der Waals surface area (Å²) in [4.78, 5) is 11.8. The molecule has 0 bridgehead atoms. The molecule has 0 saturated heterocycles. The third-order valence-electron chi connectivity index (χ3n) is 2.97. The Kier molecular flexibility index (Phi) is 5.04. The number of thiophene rings is 1. The summed E-state index contributed by atoms with van der Waals surface area (Å²) < 4.78 is 0. The van der Waals surface area contributed by atoms with E-state index in [1.807, 2.05) is 16.8 Å². The van der Waals surface area contributed by atoms with Gasteiger partial charge in [-0.3, -0.25) is 4.79 Å². The van der Waals surface area contributed by atoms with Crippen molar-refractivity contribution in [3.8, 4) is 0 Å². The summed E-state index contributed by atoms with van der Waals surface area (Å²) in [5, 5.41) is 16.6. The molecule has 0 aliphatic heterocycles. The van der Waals surface area contributed by atoms with Gasteiger partial charge in [0.15, 0.2) is 0 Å². The van der Waals surface area contributed by atoms with Crippen LogP contribution in [0.3, 0.4) is 0 Å². The quantitative estimate of drug-likeness (QED) is 0.884. The van der Waals surface area contributed by atoms with Gasteiger partial charge in [0.25, 0.3) is 0 Å². The number of amides is 1. The molecule has 2 aromatic heterocycles. The van der Waals surface area contributed by atoms with E-state index in [1.54, 1.807) is 11.3 Å². The molecule has 6 heteroatoms. The molecule has 0 aromatic carbocycles. The van der Waals surface area contributed by atoms with Gasteiger partial charge in [0.1, 0.15) is 5.01 Å². The first-order valence-corrected chi connectivity index (χ1v) is 8.13. The van der Waals surface area contributed by atoms with Gasteiger partial charge in [-0.05, 0) is 35.2 Å². The van der Waals surface area contributed by atoms with Crippen LogP contribution in [0.1, 0.15) is 43.2 Å². The van der Waals surface area contributed by atoms with Crippen LogP contribution in [0.5, 0.6) is 0 Å². The number of rotatable bonds is 6. The summed E-state index contributed by atoms with van der Waals surface area (Å²) in [6.45, 7) is 4.29. The maximum atomic E-state index is 11.8. The smallest absolute Gasteiger partial charge is 0.230 e. The largest absolute Gasteiger partial charge is 0.300 e. The molecule has 0 aliphatic rings. The standard InChI is InChI=1S/C13H17N3OS2/c1-3-10(4-2)12-15-16-13(19-12)14-11(17)7-9-5-6-18-8-9/h5-6,8,10H,3-4,7H2,1-2H3,(H,14,16,17). The van der Waals surface area contributed by atoms with E-state index >= 15 is 0 Å². The molecular formula is C13H17N3OS2. The Morgan fingerprint density at radius 3 is 2.79 bits per heavy atom. The molecule has 1 N–H and O–H groups in total. The van der Waals surface area contributed by atoms with Crippen molar-refractivity contribution in [3.05, 3.63) is 27.4 Å². The predicted octanol–water partition coefficient (Wildman–Crippen LogP) is 3.68. The molecule has 1 amide bonds. The Morgan fingerprint density at radius 2 is 2.16 bits per heavy atom. The second kappa shape index (κ2) is 6.77. The number of hydrogen-bond donors (Lipinski definition) is 1. The van der Waals surface area contributed by atoms with Crippen molar-refractivity contribution in [2.75, 3.05) is 5.32 Å². The lowest BCUT2D eigenvalue weighted by Gasteiger charge is -2.05. The Labute approximate surface area is 120 Å². The zero-order valence-corrected chi connectivity index (χ0v) is 12.7. The van der Waals surface area contributed by atoms with Crippen molar-refractivity contribution in [1.29, 1.82) is 0 Å².